The summed E-state index contributed by atoms with van der Waals surface area (Å²) in [5.74, 6) is 1.68. The van der Waals surface area contributed by atoms with E-state index in [1.807, 2.05) is 59.2 Å². The molecule has 0 aliphatic heterocycles. The minimum absolute atomic E-state index is 0.350. The van der Waals surface area contributed by atoms with Gasteiger partial charge in [-0.3, -0.25) is 0 Å². The molecule has 0 spiro atoms. The first-order valence-electron chi connectivity index (χ1n) is 15.3. The van der Waals surface area contributed by atoms with E-state index < -0.39 is 17.9 Å². The highest BCUT2D eigenvalue weighted by Gasteiger charge is 2.30. The fourth-order valence-electron chi connectivity index (χ4n) is 5.60. The molecule has 2 aromatic heterocycles. The average Bonchev–Trinajstić information content (AvgIpc) is 3.52. The van der Waals surface area contributed by atoms with E-state index in [2.05, 4.69) is 48.3 Å². The molecule has 0 radical (unpaired) electrons. The van der Waals surface area contributed by atoms with E-state index in [1.165, 1.54) is 27.7 Å². The van der Waals surface area contributed by atoms with Crippen molar-refractivity contribution in [1.82, 2.24) is 19.5 Å². The summed E-state index contributed by atoms with van der Waals surface area (Å²) in [7, 11) is 0.214. The highest BCUT2D eigenvalue weighted by Crippen LogP contribution is 2.49. The molecule has 0 bridgehead atoms. The topological polar surface area (TPSA) is 101 Å². The number of imidazole rings is 1. The van der Waals surface area contributed by atoms with E-state index in [9.17, 15) is 4.21 Å². The van der Waals surface area contributed by atoms with Crippen molar-refractivity contribution in [3.05, 3.63) is 109 Å². The lowest BCUT2D eigenvalue weighted by atomic mass is 10.3. The summed E-state index contributed by atoms with van der Waals surface area (Å²) in [6.45, 7) is 2.69. The third kappa shape index (κ3) is 6.06. The van der Waals surface area contributed by atoms with Crippen LogP contribution in [0.1, 0.15) is 19.8 Å². The largest absolute Gasteiger partial charge is 0.493 e. The Labute approximate surface area is 277 Å². The molecule has 4 aromatic carbocycles. The quantitative estimate of drug-likeness (QED) is 0.135. The molecule has 6 rings (SSSR count). The van der Waals surface area contributed by atoms with Crippen LogP contribution in [-0.2, 0) is 17.3 Å². The summed E-state index contributed by atoms with van der Waals surface area (Å²) in [6, 6.07) is 34.4. The number of aromatic nitrogens is 4. The van der Waals surface area contributed by atoms with Crippen molar-refractivity contribution in [1.29, 1.82) is 0 Å². The van der Waals surface area contributed by atoms with Crippen LogP contribution in [-0.4, -0.2) is 45.1 Å². The van der Waals surface area contributed by atoms with Crippen LogP contribution in [0.3, 0.4) is 0 Å². The summed E-state index contributed by atoms with van der Waals surface area (Å²) < 4.78 is 38.5. The van der Waals surface area contributed by atoms with Crippen LogP contribution in [0, 0.1) is 0 Å². The standard InChI is InChI=1S/C36H36N5O4PS/c1-5-6-22-41-35-32(39-36(41)47(42)29-23-30(43-2)33(45-4)31(24-29)44-3)34(37-25-38-35)40-46(26-16-10-7-11-17-26,27-18-12-8-13-19-27)28-20-14-9-15-21-28/h7-21,23-25H,5-6,22H2,1-4H3. The van der Waals surface area contributed by atoms with Crippen molar-refractivity contribution < 1.29 is 18.4 Å². The van der Waals surface area contributed by atoms with E-state index in [-0.39, 0.29) is 0 Å². The number of ether oxygens (including phenoxy) is 3. The number of fused-ring (bicyclic) bond motifs is 1. The van der Waals surface area contributed by atoms with Gasteiger partial charge in [0.05, 0.1) is 33.3 Å². The Balaban J connectivity index is 1.65. The molecule has 47 heavy (non-hydrogen) atoms. The molecule has 0 N–H and O–H groups in total. The fourth-order valence-corrected chi connectivity index (χ4v) is 10.3. The maximum absolute atomic E-state index is 14.4. The van der Waals surface area contributed by atoms with Gasteiger partial charge < -0.3 is 18.8 Å². The second kappa shape index (κ2) is 14.3. The van der Waals surface area contributed by atoms with Crippen molar-refractivity contribution in [2.45, 2.75) is 36.4 Å². The van der Waals surface area contributed by atoms with E-state index >= 15 is 0 Å². The molecular formula is C36H36N5O4PS. The Morgan fingerprint density at radius 3 is 1.77 bits per heavy atom. The lowest BCUT2D eigenvalue weighted by molar-refractivity contribution is 0.323. The molecule has 0 saturated carbocycles. The lowest BCUT2D eigenvalue weighted by Crippen LogP contribution is -2.25. The lowest BCUT2D eigenvalue weighted by Gasteiger charge is -2.26. The fraction of sp³-hybridized carbons (Fsp3) is 0.194. The van der Waals surface area contributed by atoms with Gasteiger partial charge >= 0.3 is 0 Å². The molecule has 1 unspecified atom stereocenters. The molecule has 1 atom stereocenters. The normalized spacial score (nSPS) is 12.1. The molecule has 0 amide bonds. The van der Waals surface area contributed by atoms with Crippen LogP contribution in [0.25, 0.3) is 11.2 Å². The number of benzene rings is 4. The molecule has 2 heterocycles. The predicted octanol–water partition coefficient (Wildman–Crippen LogP) is 6.63. The summed E-state index contributed by atoms with van der Waals surface area (Å²) in [5.41, 5.74) is 1.07. The molecule has 240 valence electrons. The van der Waals surface area contributed by atoms with Gasteiger partial charge in [0.2, 0.25) is 10.9 Å². The first kappa shape index (κ1) is 32.2. The molecule has 11 heteroatoms. The third-order valence-corrected chi connectivity index (χ3v) is 12.8. The van der Waals surface area contributed by atoms with Gasteiger partial charge in [0, 0.05) is 34.6 Å². The minimum Gasteiger partial charge on any atom is -0.493 e. The molecular weight excluding hydrogens is 629 g/mol. The zero-order chi connectivity index (χ0) is 32.8. The van der Waals surface area contributed by atoms with Gasteiger partial charge in [-0.1, -0.05) is 104 Å². The minimum atomic E-state index is -2.66. The number of unbranched alkanes of at least 4 members (excludes halogenated alkanes) is 1. The Morgan fingerprint density at radius 1 is 0.766 bits per heavy atom. The summed E-state index contributed by atoms with van der Waals surface area (Å²) in [4.78, 5) is 14.9. The first-order chi connectivity index (χ1) is 23.0. The molecule has 0 fully saturated rings. The monoisotopic (exact) mass is 665 g/mol. The van der Waals surface area contributed by atoms with Crippen LogP contribution in [0.5, 0.6) is 17.2 Å². The molecule has 0 aliphatic carbocycles. The van der Waals surface area contributed by atoms with Gasteiger partial charge in [0.25, 0.3) is 0 Å². The predicted molar refractivity (Wildman–Crippen MR) is 188 cm³/mol. The van der Waals surface area contributed by atoms with Crippen LogP contribution in [0.2, 0.25) is 0 Å². The Hall–Kier alpha value is -4.79. The van der Waals surface area contributed by atoms with Crippen molar-refractivity contribution in [2.75, 3.05) is 21.3 Å². The Bertz CT molecular complexity index is 1940. The maximum atomic E-state index is 14.4. The van der Waals surface area contributed by atoms with E-state index in [1.54, 1.807) is 12.1 Å². The summed E-state index contributed by atoms with van der Waals surface area (Å²) in [5, 5.41) is 3.59. The summed E-state index contributed by atoms with van der Waals surface area (Å²) >= 11 is 0. The Kier molecular flexibility index (Phi) is 9.80. The van der Waals surface area contributed by atoms with Crippen LogP contribution in [0.15, 0.2) is 124 Å². The van der Waals surface area contributed by atoms with Crippen molar-refractivity contribution in [3.63, 3.8) is 0 Å². The van der Waals surface area contributed by atoms with Gasteiger partial charge in [0.1, 0.15) is 17.1 Å². The number of aryl methyl sites for hydroxylation is 1. The maximum Gasteiger partial charge on any atom is 0.206 e. The van der Waals surface area contributed by atoms with Gasteiger partial charge in [-0.05, 0) is 6.42 Å². The average molecular weight is 666 g/mol. The van der Waals surface area contributed by atoms with Crippen molar-refractivity contribution in [2.24, 2.45) is 4.74 Å². The third-order valence-electron chi connectivity index (χ3n) is 7.87. The highest BCUT2D eigenvalue weighted by atomic mass is 32.2. The number of hydrogen-bond donors (Lipinski definition) is 0. The van der Waals surface area contributed by atoms with Crippen LogP contribution in [0.4, 0.5) is 5.82 Å². The molecule has 9 nitrogen and oxygen atoms in total. The van der Waals surface area contributed by atoms with Gasteiger partial charge in [-0.2, -0.15) is 0 Å². The number of methoxy groups -OCH3 is 3. The van der Waals surface area contributed by atoms with Gasteiger partial charge in [-0.15, -0.1) is 0 Å². The van der Waals surface area contributed by atoms with Crippen LogP contribution >= 0.6 is 7.05 Å². The molecule has 0 saturated heterocycles. The number of rotatable bonds is 12. The van der Waals surface area contributed by atoms with Gasteiger partial charge in [0.15, 0.2) is 28.5 Å². The number of hydrogen-bond acceptors (Lipinski definition) is 8. The summed E-state index contributed by atoms with van der Waals surface area (Å²) in [6.07, 6.45) is 3.30. The smallest absolute Gasteiger partial charge is 0.206 e. The van der Waals surface area contributed by atoms with E-state index in [4.69, 9.17) is 28.9 Å². The van der Waals surface area contributed by atoms with Gasteiger partial charge in [-0.25, -0.2) is 23.9 Å². The second-order valence-corrected chi connectivity index (χ2v) is 15.0. The Morgan fingerprint density at radius 2 is 1.30 bits per heavy atom. The van der Waals surface area contributed by atoms with E-state index in [0.29, 0.717) is 50.8 Å². The van der Waals surface area contributed by atoms with E-state index in [0.717, 1.165) is 28.8 Å². The van der Waals surface area contributed by atoms with Crippen LogP contribution < -0.4 is 30.1 Å². The molecule has 0 aliphatic rings. The first-order valence-corrected chi connectivity index (χ1v) is 18.2. The number of nitrogens with zero attached hydrogens (tertiary/aromatic N) is 5. The van der Waals surface area contributed by atoms with Crippen molar-refractivity contribution >= 4 is 50.7 Å². The zero-order valence-electron chi connectivity index (χ0n) is 26.7. The zero-order valence-corrected chi connectivity index (χ0v) is 28.4. The SMILES string of the molecule is CCCCn1c(S(=O)c2cc(OC)c(OC)c(OC)c2)nc2c(N=P(c3ccccc3)(c3ccccc3)c3ccccc3)ncnc21. The molecule has 6 aromatic rings. The second-order valence-electron chi connectivity index (χ2n) is 10.6. The highest BCUT2D eigenvalue weighted by molar-refractivity contribution is 7.87. The van der Waals surface area contributed by atoms with Crippen molar-refractivity contribution in [3.8, 4) is 17.2 Å².